The van der Waals surface area contributed by atoms with Crippen LogP contribution in [0.15, 0.2) is 72.8 Å². The first kappa shape index (κ1) is 37.2. The van der Waals surface area contributed by atoms with E-state index in [1.54, 1.807) is 11.0 Å². The first-order chi connectivity index (χ1) is 21.4. The largest absolute Gasteiger partial charge is 1.00 e. The molecule has 1 fully saturated rings. The van der Waals surface area contributed by atoms with Crippen LogP contribution in [-0.2, 0) is 26.5 Å². The molecule has 8 nitrogen and oxygen atoms in total. The van der Waals surface area contributed by atoms with Gasteiger partial charge in [0.25, 0.3) is 5.91 Å². The molecule has 1 aliphatic rings. The van der Waals surface area contributed by atoms with E-state index in [0.717, 1.165) is 22.3 Å². The third kappa shape index (κ3) is 9.65. The number of ether oxygens (including phenoxy) is 2. The number of hydrogen-bond donors (Lipinski definition) is 2. The number of likely N-dealkylation sites (tertiary alicyclic amines) is 1. The minimum Gasteiger partial charge on any atom is -1.00 e. The monoisotopic (exact) mass is 640 g/mol. The molecule has 1 unspecified atom stereocenters. The smallest absolute Gasteiger partial charge is 1.00 e. The van der Waals surface area contributed by atoms with Gasteiger partial charge in [0.2, 0.25) is 0 Å². The normalized spacial score (nSPS) is 14.9. The SMILES string of the molecule is CSCCC(NC(=O)c1ccc(COC2(c3ccccc3)CCN(C(=O)OC(C)(C)C)CC2)cc1-c1ccccc1C)C(=O)O.[H-].[Li+]. The molecule has 2 amide bonds. The van der Waals surface area contributed by atoms with Gasteiger partial charge < -0.3 is 26.2 Å². The molecule has 1 saturated heterocycles. The summed E-state index contributed by atoms with van der Waals surface area (Å²) in [6.07, 6.45) is 3.13. The first-order valence-electron chi connectivity index (χ1n) is 15.3. The van der Waals surface area contributed by atoms with E-state index >= 15 is 0 Å². The van der Waals surface area contributed by atoms with Crippen LogP contribution < -0.4 is 24.2 Å². The molecule has 1 heterocycles. The number of aryl methyl sites for hydroxylation is 1. The van der Waals surface area contributed by atoms with E-state index < -0.39 is 29.1 Å². The first-order valence-corrected chi connectivity index (χ1v) is 16.7. The third-order valence-corrected chi connectivity index (χ3v) is 8.66. The van der Waals surface area contributed by atoms with Crippen molar-refractivity contribution < 1.29 is 49.3 Å². The van der Waals surface area contributed by atoms with Gasteiger partial charge in [0, 0.05) is 18.7 Å². The molecular weight excluding hydrogens is 595 g/mol. The van der Waals surface area contributed by atoms with Crippen molar-refractivity contribution in [3.63, 3.8) is 0 Å². The van der Waals surface area contributed by atoms with E-state index in [9.17, 15) is 19.5 Å². The van der Waals surface area contributed by atoms with Crippen LogP contribution >= 0.6 is 11.8 Å². The summed E-state index contributed by atoms with van der Waals surface area (Å²) in [6.45, 7) is 8.86. The van der Waals surface area contributed by atoms with E-state index in [4.69, 9.17) is 9.47 Å². The summed E-state index contributed by atoms with van der Waals surface area (Å²) in [5.41, 5.74) is 3.77. The number of carbonyl (C=O) groups is 3. The Kier molecular flexibility index (Phi) is 13.4. The second-order valence-electron chi connectivity index (χ2n) is 12.5. The van der Waals surface area contributed by atoms with Crippen LogP contribution in [-0.4, -0.2) is 64.7 Å². The molecule has 0 bridgehead atoms. The van der Waals surface area contributed by atoms with Crippen molar-refractivity contribution >= 4 is 29.7 Å². The van der Waals surface area contributed by atoms with Gasteiger partial charge in [0.05, 0.1) is 12.2 Å². The van der Waals surface area contributed by atoms with Crippen LogP contribution in [0.4, 0.5) is 4.79 Å². The number of thioether (sulfide) groups is 1. The minimum atomic E-state index is -1.05. The fourth-order valence-electron chi connectivity index (χ4n) is 5.56. The Morgan fingerprint density at radius 2 is 1.65 bits per heavy atom. The number of nitrogens with zero attached hydrogens (tertiary/aromatic N) is 1. The molecule has 242 valence electrons. The molecule has 1 atom stereocenters. The molecule has 0 radical (unpaired) electrons. The van der Waals surface area contributed by atoms with Crippen molar-refractivity contribution in [2.24, 2.45) is 0 Å². The fraction of sp³-hybridized carbons (Fsp3) is 0.417. The number of carbonyl (C=O) groups excluding carboxylic acids is 2. The van der Waals surface area contributed by atoms with E-state index in [2.05, 4.69) is 17.4 Å². The molecule has 10 heteroatoms. The maximum absolute atomic E-state index is 13.5. The zero-order chi connectivity index (χ0) is 32.6. The summed E-state index contributed by atoms with van der Waals surface area (Å²) in [7, 11) is 0. The number of carboxylic acid groups (broad SMARTS) is 1. The summed E-state index contributed by atoms with van der Waals surface area (Å²) < 4.78 is 12.4. The van der Waals surface area contributed by atoms with Crippen molar-refractivity contribution in [2.45, 2.75) is 70.8 Å². The van der Waals surface area contributed by atoms with Crippen molar-refractivity contribution in [1.29, 1.82) is 0 Å². The standard InChI is InChI=1S/C36H44N2O6S.Li.H/c1-25-11-9-10-14-28(25)30-23-26(15-16-29(30)32(39)37-31(33(40)41)17-22-45-5)24-43-36(27-12-7-6-8-13-27)18-20-38(21-19-36)34(42)44-35(2,3)4;;/h6-16,23,31H,17-22,24H2,1-5H3,(H,37,39)(H,40,41);;/q;+1;-1. The number of aliphatic carboxylic acids is 1. The number of piperidine rings is 1. The van der Waals surface area contributed by atoms with Gasteiger partial charge in [0.1, 0.15) is 11.6 Å². The zero-order valence-corrected chi connectivity index (χ0v) is 28.6. The predicted octanol–water partition coefficient (Wildman–Crippen LogP) is 4.16. The van der Waals surface area contributed by atoms with Crippen molar-refractivity contribution in [3.05, 3.63) is 95.1 Å². The van der Waals surface area contributed by atoms with Crippen LogP contribution in [0.5, 0.6) is 0 Å². The maximum atomic E-state index is 13.5. The quantitative estimate of drug-likeness (QED) is 0.304. The molecule has 0 aromatic heterocycles. The van der Waals surface area contributed by atoms with Crippen LogP contribution in [0.2, 0.25) is 0 Å². The average molecular weight is 641 g/mol. The molecule has 0 spiro atoms. The second kappa shape index (κ2) is 16.6. The molecule has 3 aromatic rings. The Bertz CT molecular complexity index is 1490. The number of carboxylic acids is 1. The minimum absolute atomic E-state index is 0. The Morgan fingerprint density at radius 3 is 2.26 bits per heavy atom. The molecule has 1 aliphatic heterocycles. The number of benzene rings is 3. The Labute approximate surface area is 290 Å². The molecular formula is C36H45LiN2O6S. The van der Waals surface area contributed by atoms with Gasteiger partial charge in [-0.05, 0) is 98.9 Å². The van der Waals surface area contributed by atoms with Gasteiger partial charge in [-0.25, -0.2) is 9.59 Å². The summed E-state index contributed by atoms with van der Waals surface area (Å²) in [5, 5.41) is 12.4. The van der Waals surface area contributed by atoms with Crippen LogP contribution in [0.25, 0.3) is 11.1 Å². The van der Waals surface area contributed by atoms with Gasteiger partial charge in [-0.15, -0.1) is 0 Å². The Hall–Kier alpha value is -3.22. The van der Waals surface area contributed by atoms with Crippen molar-refractivity contribution in [3.8, 4) is 11.1 Å². The Morgan fingerprint density at radius 1 is 1.00 bits per heavy atom. The van der Waals surface area contributed by atoms with E-state index in [0.29, 0.717) is 49.2 Å². The molecule has 4 rings (SSSR count). The summed E-state index contributed by atoms with van der Waals surface area (Å²) in [6, 6.07) is 22.5. The van der Waals surface area contributed by atoms with Gasteiger partial charge in [0.15, 0.2) is 0 Å². The number of amides is 2. The number of hydrogen-bond acceptors (Lipinski definition) is 6. The topological polar surface area (TPSA) is 105 Å². The third-order valence-electron chi connectivity index (χ3n) is 8.02. The fourth-order valence-corrected chi connectivity index (χ4v) is 6.03. The van der Waals surface area contributed by atoms with Crippen molar-refractivity contribution in [1.82, 2.24) is 10.2 Å². The molecule has 3 aromatic carbocycles. The number of nitrogens with one attached hydrogen (secondary N) is 1. The molecule has 2 N–H and O–H groups in total. The van der Waals surface area contributed by atoms with E-state index in [1.165, 1.54) is 11.8 Å². The Balaban J connectivity index is 0.00000384. The van der Waals surface area contributed by atoms with Gasteiger partial charge in [-0.2, -0.15) is 11.8 Å². The zero-order valence-electron chi connectivity index (χ0n) is 28.8. The summed E-state index contributed by atoms with van der Waals surface area (Å²) in [4.78, 5) is 39.9. The number of rotatable bonds is 11. The van der Waals surface area contributed by atoms with Gasteiger partial charge in [-0.1, -0.05) is 60.7 Å². The van der Waals surface area contributed by atoms with Gasteiger partial charge in [-0.3, -0.25) is 4.79 Å². The maximum Gasteiger partial charge on any atom is 1.00 e. The summed E-state index contributed by atoms with van der Waals surface area (Å²) >= 11 is 1.54. The summed E-state index contributed by atoms with van der Waals surface area (Å²) in [5.74, 6) is -0.857. The molecule has 0 saturated carbocycles. The van der Waals surface area contributed by atoms with Crippen LogP contribution in [0, 0.1) is 6.92 Å². The van der Waals surface area contributed by atoms with Crippen LogP contribution in [0.3, 0.4) is 0 Å². The molecule has 46 heavy (non-hydrogen) atoms. The second-order valence-corrected chi connectivity index (χ2v) is 13.4. The van der Waals surface area contributed by atoms with Crippen molar-refractivity contribution in [2.75, 3.05) is 25.1 Å². The van der Waals surface area contributed by atoms with Gasteiger partial charge >= 0.3 is 30.9 Å². The van der Waals surface area contributed by atoms with E-state index in [1.807, 2.05) is 88.5 Å². The van der Waals surface area contributed by atoms with E-state index in [-0.39, 0.29) is 33.0 Å². The molecule has 0 aliphatic carbocycles. The average Bonchev–Trinajstić information content (AvgIpc) is 3.01. The predicted molar refractivity (Wildman–Crippen MR) is 180 cm³/mol. The van der Waals surface area contributed by atoms with Crippen LogP contribution in [0.1, 0.15) is 68.5 Å².